The largest absolute Gasteiger partial charge is 0.369 e. The zero-order valence-electron chi connectivity index (χ0n) is 17.5. The van der Waals surface area contributed by atoms with Crippen LogP contribution in [0.15, 0.2) is 52.3 Å². The Morgan fingerprint density at radius 1 is 1.06 bits per heavy atom. The van der Waals surface area contributed by atoms with E-state index in [-0.39, 0.29) is 21.8 Å². The minimum absolute atomic E-state index is 0.0206. The van der Waals surface area contributed by atoms with E-state index in [0.29, 0.717) is 43.9 Å². The Kier molecular flexibility index (Phi) is 6.09. The fraction of sp³-hybridized carbons (Fsp3) is 0.364. The third kappa shape index (κ3) is 4.63. The summed E-state index contributed by atoms with van der Waals surface area (Å²) < 4.78 is 27.9. The number of carbonyl (C=O) groups is 2. The average Bonchev–Trinajstić information content (AvgIpc) is 2.89. The molecular formula is C22H25N3O4S2. The normalized spacial score (nSPS) is 20.0. The molecule has 0 spiro atoms. The molecule has 2 aliphatic heterocycles. The Hall–Kier alpha value is -2.36. The molecule has 0 bridgehead atoms. The number of piperazine rings is 1. The molecule has 2 heterocycles. The number of hydrogen-bond acceptors (Lipinski definition) is 6. The second kappa shape index (κ2) is 8.64. The van der Waals surface area contributed by atoms with Crippen molar-refractivity contribution in [2.45, 2.75) is 35.3 Å². The number of ketones is 1. The number of anilines is 2. The van der Waals surface area contributed by atoms with Crippen molar-refractivity contribution in [2.75, 3.05) is 36.4 Å². The first-order chi connectivity index (χ1) is 14.7. The summed E-state index contributed by atoms with van der Waals surface area (Å²) in [6, 6.07) is 12.4. The van der Waals surface area contributed by atoms with Crippen LogP contribution in [-0.2, 0) is 14.8 Å². The van der Waals surface area contributed by atoms with Gasteiger partial charge in [-0.3, -0.25) is 9.59 Å². The van der Waals surface area contributed by atoms with Gasteiger partial charge >= 0.3 is 0 Å². The van der Waals surface area contributed by atoms with Gasteiger partial charge in [0.05, 0.1) is 10.6 Å². The van der Waals surface area contributed by atoms with Gasteiger partial charge in [0.1, 0.15) is 0 Å². The highest BCUT2D eigenvalue weighted by atomic mass is 32.2. The van der Waals surface area contributed by atoms with Crippen LogP contribution in [0.4, 0.5) is 11.4 Å². The molecule has 1 unspecified atom stereocenters. The molecule has 1 saturated heterocycles. The molecule has 7 nitrogen and oxygen atoms in total. The van der Waals surface area contributed by atoms with Crippen LogP contribution >= 0.6 is 11.8 Å². The molecule has 0 aromatic heterocycles. The lowest BCUT2D eigenvalue weighted by atomic mass is 10.1. The van der Waals surface area contributed by atoms with Gasteiger partial charge in [-0.05, 0) is 49.4 Å². The Morgan fingerprint density at radius 2 is 1.74 bits per heavy atom. The van der Waals surface area contributed by atoms with Gasteiger partial charge in [0.15, 0.2) is 5.78 Å². The van der Waals surface area contributed by atoms with Gasteiger partial charge in [0.25, 0.3) is 0 Å². The van der Waals surface area contributed by atoms with E-state index in [0.717, 1.165) is 10.6 Å². The third-order valence-corrected chi connectivity index (χ3v) is 8.62. The first-order valence-corrected chi connectivity index (χ1v) is 12.5. The number of rotatable bonds is 4. The summed E-state index contributed by atoms with van der Waals surface area (Å²) >= 11 is 1.57. The zero-order valence-corrected chi connectivity index (χ0v) is 19.1. The topological polar surface area (TPSA) is 86.8 Å². The molecule has 1 N–H and O–H groups in total. The summed E-state index contributed by atoms with van der Waals surface area (Å²) in [7, 11) is -3.66. The van der Waals surface area contributed by atoms with E-state index in [9.17, 15) is 18.0 Å². The van der Waals surface area contributed by atoms with Gasteiger partial charge in [-0.15, -0.1) is 11.8 Å². The van der Waals surface area contributed by atoms with Crippen molar-refractivity contribution in [3.05, 3.63) is 48.0 Å². The molecule has 164 valence electrons. The Morgan fingerprint density at radius 3 is 2.39 bits per heavy atom. The molecule has 0 saturated carbocycles. The van der Waals surface area contributed by atoms with Crippen molar-refractivity contribution < 1.29 is 18.0 Å². The zero-order chi connectivity index (χ0) is 22.2. The first kappa shape index (κ1) is 21.9. The number of nitrogens with zero attached hydrogens (tertiary/aromatic N) is 2. The highest BCUT2D eigenvalue weighted by molar-refractivity contribution is 8.00. The molecule has 9 heteroatoms. The number of carbonyl (C=O) groups excluding carboxylic acids is 2. The van der Waals surface area contributed by atoms with Gasteiger partial charge < -0.3 is 10.2 Å². The summed E-state index contributed by atoms with van der Waals surface area (Å²) in [6.07, 6.45) is 0.400. The molecule has 2 aromatic rings. The lowest BCUT2D eigenvalue weighted by Gasteiger charge is -2.35. The van der Waals surface area contributed by atoms with E-state index >= 15 is 0 Å². The SMILES string of the molecule is CC(=O)c1ccc(N2CCN(S(=O)(=O)c3ccc4c(c3)NC(=O)CC(C)S4)CC2)cc1. The highest BCUT2D eigenvalue weighted by Gasteiger charge is 2.30. The molecule has 4 rings (SSSR count). The Balaban J connectivity index is 1.48. The van der Waals surface area contributed by atoms with Crippen LogP contribution in [0.25, 0.3) is 0 Å². The fourth-order valence-electron chi connectivity index (χ4n) is 3.83. The molecule has 0 radical (unpaired) electrons. The van der Waals surface area contributed by atoms with Crippen LogP contribution < -0.4 is 10.2 Å². The predicted octanol–water partition coefficient (Wildman–Crippen LogP) is 3.22. The van der Waals surface area contributed by atoms with Gasteiger partial charge in [0, 0.05) is 54.0 Å². The van der Waals surface area contributed by atoms with Gasteiger partial charge in [-0.25, -0.2) is 8.42 Å². The molecule has 2 aliphatic rings. The average molecular weight is 460 g/mol. The van der Waals surface area contributed by atoms with E-state index < -0.39 is 10.0 Å². The van der Waals surface area contributed by atoms with Crippen LogP contribution in [0.1, 0.15) is 30.6 Å². The predicted molar refractivity (Wildman–Crippen MR) is 122 cm³/mol. The first-order valence-electron chi connectivity index (χ1n) is 10.2. The molecule has 1 fully saturated rings. The Bertz CT molecular complexity index is 1110. The smallest absolute Gasteiger partial charge is 0.243 e. The van der Waals surface area contributed by atoms with E-state index in [1.165, 1.54) is 11.2 Å². The lowest BCUT2D eigenvalue weighted by Crippen LogP contribution is -2.48. The number of amides is 1. The lowest BCUT2D eigenvalue weighted by molar-refractivity contribution is -0.116. The van der Waals surface area contributed by atoms with E-state index in [4.69, 9.17) is 0 Å². The molecule has 31 heavy (non-hydrogen) atoms. The fourth-order valence-corrected chi connectivity index (χ4v) is 6.33. The number of benzene rings is 2. The molecular weight excluding hydrogens is 434 g/mol. The quantitative estimate of drug-likeness (QED) is 0.707. The van der Waals surface area contributed by atoms with E-state index in [2.05, 4.69) is 10.2 Å². The monoisotopic (exact) mass is 459 g/mol. The van der Waals surface area contributed by atoms with Crippen molar-refractivity contribution in [1.82, 2.24) is 4.31 Å². The maximum Gasteiger partial charge on any atom is 0.243 e. The highest BCUT2D eigenvalue weighted by Crippen LogP contribution is 2.36. The molecule has 2 aromatic carbocycles. The molecule has 1 atom stereocenters. The summed E-state index contributed by atoms with van der Waals surface area (Å²) in [4.78, 5) is 26.7. The van der Waals surface area contributed by atoms with Crippen molar-refractivity contribution in [3.63, 3.8) is 0 Å². The number of Topliss-reactive ketones (excluding diaryl/α,β-unsaturated/α-hetero) is 1. The number of hydrogen-bond donors (Lipinski definition) is 1. The van der Waals surface area contributed by atoms with Crippen LogP contribution in [-0.4, -0.2) is 55.8 Å². The maximum atomic E-state index is 13.2. The number of sulfonamides is 1. The van der Waals surface area contributed by atoms with Gasteiger partial charge in [-0.1, -0.05) is 6.92 Å². The minimum Gasteiger partial charge on any atom is -0.369 e. The summed E-state index contributed by atoms with van der Waals surface area (Å²) in [5.74, 6) is -0.0787. The molecule has 0 aliphatic carbocycles. The standard InChI is InChI=1S/C22H25N3O4S2/c1-15-13-22(27)23-20-14-19(7-8-21(20)30-15)31(28,29)25-11-9-24(10-12-25)18-5-3-17(4-6-18)16(2)26/h3-8,14-15H,9-13H2,1-2H3,(H,23,27). The van der Waals surface area contributed by atoms with Crippen molar-refractivity contribution >= 4 is 44.9 Å². The number of fused-ring (bicyclic) bond motifs is 1. The van der Waals surface area contributed by atoms with Crippen molar-refractivity contribution in [3.8, 4) is 0 Å². The summed E-state index contributed by atoms with van der Waals surface area (Å²) in [6.45, 7) is 5.38. The second-order valence-electron chi connectivity index (χ2n) is 7.83. The third-order valence-electron chi connectivity index (χ3n) is 5.54. The number of thioether (sulfide) groups is 1. The van der Waals surface area contributed by atoms with Gasteiger partial charge in [0.2, 0.25) is 15.9 Å². The van der Waals surface area contributed by atoms with Crippen molar-refractivity contribution in [2.24, 2.45) is 0 Å². The van der Waals surface area contributed by atoms with Crippen LogP contribution in [0.5, 0.6) is 0 Å². The van der Waals surface area contributed by atoms with Crippen LogP contribution in [0.2, 0.25) is 0 Å². The summed E-state index contributed by atoms with van der Waals surface area (Å²) in [5, 5.41) is 2.97. The maximum absolute atomic E-state index is 13.2. The van der Waals surface area contributed by atoms with Gasteiger partial charge in [-0.2, -0.15) is 4.31 Å². The summed E-state index contributed by atoms with van der Waals surface area (Å²) in [5.41, 5.74) is 2.19. The van der Waals surface area contributed by atoms with Crippen LogP contribution in [0.3, 0.4) is 0 Å². The minimum atomic E-state index is -3.66. The van der Waals surface area contributed by atoms with Crippen molar-refractivity contribution in [1.29, 1.82) is 0 Å². The van der Waals surface area contributed by atoms with Crippen LogP contribution in [0, 0.1) is 0 Å². The number of nitrogens with one attached hydrogen (secondary N) is 1. The van der Waals surface area contributed by atoms with E-state index in [1.807, 2.05) is 19.1 Å². The molecule has 1 amide bonds. The van der Waals surface area contributed by atoms with E-state index in [1.54, 1.807) is 42.1 Å². The Labute approximate surface area is 186 Å². The second-order valence-corrected chi connectivity index (χ2v) is 11.3.